The van der Waals surface area contributed by atoms with E-state index in [-0.39, 0.29) is 0 Å². The Bertz CT molecular complexity index is 66.1. The second-order valence-corrected chi connectivity index (χ2v) is 1.93. The molecular formula is C5H9O3. The molecule has 2 atom stereocenters. The zero-order chi connectivity index (χ0) is 5.98. The third-order valence-electron chi connectivity index (χ3n) is 1.06. The Morgan fingerprint density at radius 1 is 1.50 bits per heavy atom. The van der Waals surface area contributed by atoms with Gasteiger partial charge in [-0.05, 0) is 0 Å². The lowest BCUT2D eigenvalue weighted by Crippen LogP contribution is -2.29. The van der Waals surface area contributed by atoms with Crippen molar-refractivity contribution in [2.75, 3.05) is 6.61 Å². The summed E-state index contributed by atoms with van der Waals surface area (Å²) >= 11 is 0. The molecule has 0 amide bonds. The van der Waals surface area contributed by atoms with Gasteiger partial charge in [0.15, 0.2) is 0 Å². The van der Waals surface area contributed by atoms with E-state index in [9.17, 15) is 0 Å². The van der Waals surface area contributed by atoms with Crippen LogP contribution in [0.15, 0.2) is 0 Å². The van der Waals surface area contributed by atoms with Crippen molar-refractivity contribution >= 4 is 0 Å². The summed E-state index contributed by atoms with van der Waals surface area (Å²) in [5.74, 6) is 0. The topological polar surface area (TPSA) is 49.7 Å². The molecule has 0 saturated carbocycles. The minimum absolute atomic E-state index is 0.317. The van der Waals surface area contributed by atoms with Crippen LogP contribution >= 0.6 is 0 Å². The van der Waals surface area contributed by atoms with Crippen molar-refractivity contribution in [2.24, 2.45) is 0 Å². The highest BCUT2D eigenvalue weighted by Gasteiger charge is 2.17. The van der Waals surface area contributed by atoms with Gasteiger partial charge in [0.2, 0.25) is 0 Å². The third-order valence-corrected chi connectivity index (χ3v) is 1.06. The lowest BCUT2D eigenvalue weighted by atomic mass is 10.1. The Kier molecular flexibility index (Phi) is 1.83. The van der Waals surface area contributed by atoms with Gasteiger partial charge in [0, 0.05) is 6.42 Å². The van der Waals surface area contributed by atoms with Gasteiger partial charge in [-0.2, -0.15) is 0 Å². The van der Waals surface area contributed by atoms with Crippen LogP contribution in [0.5, 0.6) is 0 Å². The predicted molar refractivity (Wildman–Crippen MR) is 26.9 cm³/mol. The molecule has 1 aliphatic heterocycles. The average Bonchev–Trinajstić information content (AvgIpc) is 1.64. The Balaban J connectivity index is 2.23. The van der Waals surface area contributed by atoms with Crippen molar-refractivity contribution in [1.29, 1.82) is 0 Å². The molecule has 0 spiro atoms. The Morgan fingerprint density at radius 3 is 2.62 bits per heavy atom. The van der Waals surface area contributed by atoms with Crippen molar-refractivity contribution in [3.05, 3.63) is 6.61 Å². The number of aliphatic hydroxyl groups excluding tert-OH is 2. The van der Waals surface area contributed by atoms with Crippen molar-refractivity contribution in [2.45, 2.75) is 18.6 Å². The monoisotopic (exact) mass is 117 g/mol. The van der Waals surface area contributed by atoms with Crippen molar-refractivity contribution in [1.82, 2.24) is 0 Å². The number of hydrogen-bond acceptors (Lipinski definition) is 3. The van der Waals surface area contributed by atoms with Gasteiger partial charge in [-0.15, -0.1) is 0 Å². The molecule has 8 heavy (non-hydrogen) atoms. The lowest BCUT2D eigenvalue weighted by Gasteiger charge is -2.20. The molecule has 1 heterocycles. The standard InChI is InChI=1S/C5H9O3/c6-4-1-5(7)3-8-2-4/h2,4-7H,1,3H2. The lowest BCUT2D eigenvalue weighted by molar-refractivity contribution is -0.0350. The van der Waals surface area contributed by atoms with Crippen LogP contribution in [0.1, 0.15) is 6.42 Å². The fraction of sp³-hybridized carbons (Fsp3) is 0.800. The molecular weight excluding hydrogens is 108 g/mol. The summed E-state index contributed by atoms with van der Waals surface area (Å²) in [5.41, 5.74) is 0. The van der Waals surface area contributed by atoms with E-state index in [1.54, 1.807) is 0 Å². The smallest absolute Gasteiger partial charge is 0.112 e. The fourth-order valence-electron chi connectivity index (χ4n) is 0.680. The highest BCUT2D eigenvalue weighted by Crippen LogP contribution is 2.09. The molecule has 3 nitrogen and oxygen atoms in total. The normalized spacial score (nSPS) is 39.8. The van der Waals surface area contributed by atoms with E-state index < -0.39 is 12.2 Å². The molecule has 1 rings (SSSR count). The van der Waals surface area contributed by atoms with E-state index in [0.717, 1.165) is 0 Å². The van der Waals surface area contributed by atoms with Crippen LogP contribution in [0.2, 0.25) is 0 Å². The number of ether oxygens (including phenoxy) is 1. The second kappa shape index (κ2) is 2.44. The molecule has 47 valence electrons. The molecule has 2 N–H and O–H groups in total. The molecule has 0 bridgehead atoms. The van der Waals surface area contributed by atoms with Gasteiger partial charge in [-0.25, -0.2) is 0 Å². The number of rotatable bonds is 0. The summed E-state index contributed by atoms with van der Waals surface area (Å²) in [7, 11) is 0. The summed E-state index contributed by atoms with van der Waals surface area (Å²) in [4.78, 5) is 0. The highest BCUT2D eigenvalue weighted by molar-refractivity contribution is 4.75. The first-order chi connectivity index (χ1) is 3.79. The van der Waals surface area contributed by atoms with E-state index >= 15 is 0 Å². The zero-order valence-corrected chi connectivity index (χ0v) is 4.45. The number of aliphatic hydroxyl groups is 2. The summed E-state index contributed by atoms with van der Waals surface area (Å²) < 4.78 is 4.67. The van der Waals surface area contributed by atoms with Crippen LogP contribution in [0.4, 0.5) is 0 Å². The zero-order valence-electron chi connectivity index (χ0n) is 4.45. The molecule has 1 fully saturated rings. The molecule has 1 aliphatic rings. The maximum absolute atomic E-state index is 8.77. The average molecular weight is 117 g/mol. The SMILES string of the molecule is OC1[CH]OCC(O)C1. The summed E-state index contributed by atoms with van der Waals surface area (Å²) in [6.07, 6.45) is -0.672. The molecule has 0 aromatic rings. The van der Waals surface area contributed by atoms with Crippen LogP contribution < -0.4 is 0 Å². The molecule has 0 aromatic carbocycles. The van der Waals surface area contributed by atoms with Gasteiger partial charge >= 0.3 is 0 Å². The molecule has 3 heteroatoms. The van der Waals surface area contributed by atoms with Crippen LogP contribution in [-0.4, -0.2) is 29.0 Å². The van der Waals surface area contributed by atoms with Crippen molar-refractivity contribution in [3.63, 3.8) is 0 Å². The molecule has 0 aromatic heterocycles. The maximum atomic E-state index is 8.77. The summed E-state index contributed by atoms with van der Waals surface area (Å²) in [5, 5.41) is 17.5. The predicted octanol–water partition coefficient (Wildman–Crippen LogP) is -0.710. The van der Waals surface area contributed by atoms with E-state index in [1.807, 2.05) is 0 Å². The van der Waals surface area contributed by atoms with E-state index in [2.05, 4.69) is 4.74 Å². The van der Waals surface area contributed by atoms with Crippen molar-refractivity contribution < 1.29 is 14.9 Å². The fourth-order valence-corrected chi connectivity index (χ4v) is 0.680. The number of hydrogen-bond donors (Lipinski definition) is 2. The van der Waals surface area contributed by atoms with E-state index in [4.69, 9.17) is 10.2 Å². The van der Waals surface area contributed by atoms with Gasteiger partial charge in [0.05, 0.1) is 18.8 Å². The Morgan fingerprint density at radius 2 is 2.25 bits per heavy atom. The first-order valence-electron chi connectivity index (χ1n) is 2.60. The first-order valence-corrected chi connectivity index (χ1v) is 2.60. The van der Waals surface area contributed by atoms with Crippen LogP contribution in [0, 0.1) is 6.61 Å². The Labute approximate surface area is 47.9 Å². The Hall–Kier alpha value is -0.120. The largest absolute Gasteiger partial charge is 0.391 e. The minimum Gasteiger partial charge on any atom is -0.391 e. The summed E-state index contributed by atoms with van der Waals surface area (Å²) in [6.45, 7) is 1.66. The van der Waals surface area contributed by atoms with E-state index in [1.165, 1.54) is 6.61 Å². The highest BCUT2D eigenvalue weighted by atomic mass is 16.5. The van der Waals surface area contributed by atoms with Crippen LogP contribution in [-0.2, 0) is 4.74 Å². The maximum Gasteiger partial charge on any atom is 0.112 e. The van der Waals surface area contributed by atoms with Gasteiger partial charge in [0.25, 0.3) is 0 Å². The second-order valence-electron chi connectivity index (χ2n) is 1.93. The minimum atomic E-state index is -0.584. The van der Waals surface area contributed by atoms with Gasteiger partial charge in [-0.1, -0.05) is 0 Å². The van der Waals surface area contributed by atoms with E-state index in [0.29, 0.717) is 13.0 Å². The first kappa shape index (κ1) is 6.01. The molecule has 1 radical (unpaired) electrons. The third kappa shape index (κ3) is 1.43. The molecule has 1 saturated heterocycles. The van der Waals surface area contributed by atoms with Gasteiger partial charge in [-0.3, -0.25) is 0 Å². The molecule has 2 unspecified atom stereocenters. The van der Waals surface area contributed by atoms with Crippen LogP contribution in [0.3, 0.4) is 0 Å². The quantitative estimate of drug-likeness (QED) is 0.440. The summed E-state index contributed by atoms with van der Waals surface area (Å²) in [6, 6.07) is 0. The van der Waals surface area contributed by atoms with Crippen molar-refractivity contribution in [3.8, 4) is 0 Å². The van der Waals surface area contributed by atoms with Crippen LogP contribution in [0.25, 0.3) is 0 Å². The molecule has 0 aliphatic carbocycles. The van der Waals surface area contributed by atoms with Gasteiger partial charge in [0.1, 0.15) is 6.61 Å². The van der Waals surface area contributed by atoms with Gasteiger partial charge < -0.3 is 14.9 Å².